The smallest absolute Gasteiger partial charge is 0.225 e. The number of benzene rings is 1. The van der Waals surface area contributed by atoms with Gasteiger partial charge in [-0.15, -0.1) is 0 Å². The van der Waals surface area contributed by atoms with Gasteiger partial charge in [0.2, 0.25) is 12.6 Å². The fourth-order valence-electron chi connectivity index (χ4n) is 1.20. The summed E-state index contributed by atoms with van der Waals surface area (Å²) in [5.74, 6) is 0.607. The molecule has 0 aliphatic heterocycles. The zero-order valence-electron chi connectivity index (χ0n) is 10.2. The maximum absolute atomic E-state index is 10.2. The van der Waals surface area contributed by atoms with E-state index in [0.717, 1.165) is 0 Å². The van der Waals surface area contributed by atoms with Crippen LogP contribution in [0.25, 0.3) is 0 Å². The second-order valence-electron chi connectivity index (χ2n) is 3.34. The lowest BCUT2D eigenvalue weighted by molar-refractivity contribution is -0.417. The van der Waals surface area contributed by atoms with E-state index in [-0.39, 0.29) is 0 Å². The fraction of sp³-hybridized carbons (Fsp3) is 0.0769. The molecule has 0 aliphatic carbocycles. The SMILES string of the molecule is C=C/C=[N+](C)\C=C\Oc1ccccc1NNC=O. The van der Waals surface area contributed by atoms with Gasteiger partial charge in [-0.25, -0.2) is 4.58 Å². The highest BCUT2D eigenvalue weighted by Crippen LogP contribution is 2.22. The quantitative estimate of drug-likeness (QED) is 0.252. The molecule has 0 atom stereocenters. The third kappa shape index (κ3) is 4.52. The maximum Gasteiger partial charge on any atom is 0.225 e. The number of nitrogens with zero attached hydrogens (tertiary/aromatic N) is 1. The van der Waals surface area contributed by atoms with Gasteiger partial charge in [0.15, 0.2) is 18.2 Å². The number of allylic oxidation sites excluding steroid dienone is 1. The summed E-state index contributed by atoms with van der Waals surface area (Å²) < 4.78 is 7.25. The van der Waals surface area contributed by atoms with Gasteiger partial charge >= 0.3 is 0 Å². The van der Waals surface area contributed by atoms with Crippen LogP contribution in [0.3, 0.4) is 0 Å². The molecule has 0 saturated carbocycles. The van der Waals surface area contributed by atoms with Gasteiger partial charge in [-0.05, 0) is 18.2 Å². The number of carbonyl (C=O) groups is 1. The molecule has 1 amide bonds. The van der Waals surface area contributed by atoms with Crippen LogP contribution < -0.4 is 15.6 Å². The van der Waals surface area contributed by atoms with Crippen molar-refractivity contribution in [3.63, 3.8) is 0 Å². The van der Waals surface area contributed by atoms with Crippen molar-refractivity contribution in [2.45, 2.75) is 0 Å². The first kappa shape index (κ1) is 13.5. The molecule has 0 unspecified atom stereocenters. The molecule has 18 heavy (non-hydrogen) atoms. The Bertz CT molecular complexity index is 467. The number of amides is 1. The second-order valence-corrected chi connectivity index (χ2v) is 3.34. The summed E-state index contributed by atoms with van der Waals surface area (Å²) in [7, 11) is 1.86. The molecule has 1 aromatic carbocycles. The fourth-order valence-corrected chi connectivity index (χ4v) is 1.20. The van der Waals surface area contributed by atoms with E-state index >= 15 is 0 Å². The van der Waals surface area contributed by atoms with E-state index in [0.29, 0.717) is 17.8 Å². The Morgan fingerprint density at radius 1 is 1.39 bits per heavy atom. The summed E-state index contributed by atoms with van der Waals surface area (Å²) in [5.41, 5.74) is 5.74. The molecular weight excluding hydrogens is 230 g/mol. The van der Waals surface area contributed by atoms with Gasteiger partial charge in [-0.3, -0.25) is 15.6 Å². The van der Waals surface area contributed by atoms with E-state index in [1.165, 1.54) is 0 Å². The highest BCUT2D eigenvalue weighted by atomic mass is 16.5. The van der Waals surface area contributed by atoms with Crippen molar-refractivity contribution in [3.8, 4) is 5.75 Å². The van der Waals surface area contributed by atoms with Gasteiger partial charge in [-0.2, -0.15) is 0 Å². The first-order valence-electron chi connectivity index (χ1n) is 5.33. The van der Waals surface area contributed by atoms with Crippen LogP contribution in [0.15, 0.2) is 49.4 Å². The van der Waals surface area contributed by atoms with Crippen LogP contribution in [0.2, 0.25) is 0 Å². The Hall–Kier alpha value is -2.56. The third-order valence-corrected chi connectivity index (χ3v) is 1.98. The van der Waals surface area contributed by atoms with Crippen molar-refractivity contribution in [3.05, 3.63) is 49.4 Å². The summed E-state index contributed by atoms with van der Waals surface area (Å²) >= 11 is 0. The Kier molecular flexibility index (Phi) is 5.76. The van der Waals surface area contributed by atoms with Gasteiger partial charge in [0.1, 0.15) is 7.05 Å². The molecule has 1 rings (SSSR count). The third-order valence-electron chi connectivity index (χ3n) is 1.98. The van der Waals surface area contributed by atoms with Gasteiger partial charge in [0.25, 0.3) is 0 Å². The van der Waals surface area contributed by atoms with Crippen LogP contribution in [-0.4, -0.2) is 24.2 Å². The molecule has 0 heterocycles. The molecule has 0 bridgehead atoms. The average Bonchev–Trinajstić information content (AvgIpc) is 2.38. The number of para-hydroxylation sites is 2. The first-order valence-corrected chi connectivity index (χ1v) is 5.33. The molecule has 0 aromatic heterocycles. The predicted octanol–water partition coefficient (Wildman–Crippen LogP) is 1.51. The Balaban J connectivity index is 2.69. The van der Waals surface area contributed by atoms with Crippen molar-refractivity contribution >= 4 is 18.3 Å². The van der Waals surface area contributed by atoms with Crippen molar-refractivity contribution in [2.24, 2.45) is 0 Å². The van der Waals surface area contributed by atoms with E-state index in [9.17, 15) is 4.79 Å². The lowest BCUT2D eigenvalue weighted by atomic mass is 10.3. The Morgan fingerprint density at radius 2 is 2.17 bits per heavy atom. The number of rotatable bonds is 7. The van der Waals surface area contributed by atoms with Crippen LogP contribution in [0.1, 0.15) is 0 Å². The van der Waals surface area contributed by atoms with E-state index < -0.39 is 0 Å². The second kappa shape index (κ2) is 7.67. The number of hydrogen-bond donors (Lipinski definition) is 2. The first-order chi connectivity index (χ1) is 8.77. The molecule has 5 nitrogen and oxygen atoms in total. The number of hydrazine groups is 1. The largest absolute Gasteiger partial charge is 0.457 e. The molecule has 2 N–H and O–H groups in total. The summed E-state index contributed by atoms with van der Waals surface area (Å²) in [4.78, 5) is 10.2. The van der Waals surface area contributed by atoms with Crippen LogP contribution in [0.4, 0.5) is 5.69 Å². The molecule has 94 valence electrons. The van der Waals surface area contributed by atoms with Crippen LogP contribution >= 0.6 is 0 Å². The monoisotopic (exact) mass is 246 g/mol. The zero-order valence-corrected chi connectivity index (χ0v) is 10.2. The highest BCUT2D eigenvalue weighted by Gasteiger charge is 2.00. The van der Waals surface area contributed by atoms with Gasteiger partial charge in [0, 0.05) is 0 Å². The predicted molar refractivity (Wildman–Crippen MR) is 71.5 cm³/mol. The van der Waals surface area contributed by atoms with Gasteiger partial charge in [-0.1, -0.05) is 18.7 Å². The lowest BCUT2D eigenvalue weighted by Crippen LogP contribution is -2.19. The molecule has 1 aromatic rings. The highest BCUT2D eigenvalue weighted by molar-refractivity contribution is 5.65. The van der Waals surface area contributed by atoms with E-state index in [1.54, 1.807) is 41.5 Å². The van der Waals surface area contributed by atoms with Crippen molar-refractivity contribution in [1.82, 2.24) is 5.43 Å². The molecule has 0 spiro atoms. The van der Waals surface area contributed by atoms with E-state index in [4.69, 9.17) is 4.74 Å². The van der Waals surface area contributed by atoms with Gasteiger partial charge < -0.3 is 4.74 Å². The summed E-state index contributed by atoms with van der Waals surface area (Å²) in [6, 6.07) is 7.26. The lowest BCUT2D eigenvalue weighted by Gasteiger charge is -2.08. The van der Waals surface area contributed by atoms with E-state index in [1.807, 2.05) is 19.2 Å². The normalized spacial score (nSPS) is 11.1. The maximum atomic E-state index is 10.2. The summed E-state index contributed by atoms with van der Waals surface area (Å²) in [6.07, 6.45) is 7.30. The Labute approximate surface area is 106 Å². The van der Waals surface area contributed by atoms with Crippen molar-refractivity contribution in [1.29, 1.82) is 0 Å². The zero-order chi connectivity index (χ0) is 13.2. The van der Waals surface area contributed by atoms with Crippen molar-refractivity contribution < 1.29 is 14.1 Å². The number of hydrogen-bond acceptors (Lipinski definition) is 3. The number of ether oxygens (including phenoxy) is 1. The topological polar surface area (TPSA) is 53.4 Å². The van der Waals surface area contributed by atoms with Gasteiger partial charge in [0.05, 0.1) is 5.69 Å². The van der Waals surface area contributed by atoms with Crippen molar-refractivity contribution in [2.75, 3.05) is 12.5 Å². The number of anilines is 1. The minimum absolute atomic E-state index is 0.555. The number of carbonyl (C=O) groups excluding carboxylic acids is 1. The molecular formula is C13H16N3O2+. The molecule has 0 fully saturated rings. The summed E-state index contributed by atoms with van der Waals surface area (Å²) in [5, 5.41) is 0. The molecule has 0 radical (unpaired) electrons. The molecule has 0 saturated heterocycles. The van der Waals surface area contributed by atoms with Crippen LogP contribution in [0.5, 0.6) is 5.75 Å². The number of nitrogens with one attached hydrogen (secondary N) is 2. The van der Waals surface area contributed by atoms with E-state index in [2.05, 4.69) is 17.4 Å². The average molecular weight is 246 g/mol. The standard InChI is InChI=1S/C13H15N3O2/c1-3-8-16(2)9-10-18-13-7-5-4-6-12(13)15-14-11-17/h3-11,15H,1H2,2H3/p+1/b10-9+,16-8-. The molecule has 0 aliphatic rings. The van der Waals surface area contributed by atoms with Crippen LogP contribution in [0, 0.1) is 0 Å². The van der Waals surface area contributed by atoms with Crippen LogP contribution in [-0.2, 0) is 4.79 Å². The summed E-state index contributed by atoms with van der Waals surface area (Å²) in [6.45, 7) is 3.59. The minimum Gasteiger partial charge on any atom is -0.457 e. The molecule has 5 heteroatoms. The minimum atomic E-state index is 0.555. The Morgan fingerprint density at radius 3 is 2.89 bits per heavy atom.